The van der Waals surface area contributed by atoms with E-state index in [-0.39, 0.29) is 6.09 Å². The molecule has 3 aliphatic heterocycles. The smallest absolute Gasteiger partial charge is 0.410 e. The van der Waals surface area contributed by atoms with E-state index in [1.165, 1.54) is 16.8 Å². The van der Waals surface area contributed by atoms with Crippen molar-refractivity contribution in [1.82, 2.24) is 4.90 Å². The molecule has 0 unspecified atom stereocenters. The normalized spacial score (nSPS) is 22.2. The molecular formula is C24H26Cl2N2O2. The highest BCUT2D eigenvalue weighted by Gasteiger charge is 2.46. The van der Waals surface area contributed by atoms with Crippen molar-refractivity contribution >= 4 is 35.0 Å². The maximum Gasteiger partial charge on any atom is 0.410 e. The number of hydrogen-bond donors (Lipinski definition) is 0. The van der Waals surface area contributed by atoms with Gasteiger partial charge in [0, 0.05) is 42.8 Å². The first kappa shape index (κ1) is 20.0. The molecule has 3 heterocycles. The highest BCUT2D eigenvalue weighted by molar-refractivity contribution is 6.43. The van der Waals surface area contributed by atoms with Crippen LogP contribution in [-0.2, 0) is 11.2 Å². The third-order valence-electron chi connectivity index (χ3n) is 6.42. The lowest BCUT2D eigenvalue weighted by atomic mass is 9.86. The van der Waals surface area contributed by atoms with Crippen molar-refractivity contribution in [2.24, 2.45) is 0 Å². The minimum absolute atomic E-state index is 0.215. The van der Waals surface area contributed by atoms with E-state index < -0.39 is 5.60 Å². The van der Waals surface area contributed by atoms with Crippen LogP contribution in [0, 0.1) is 0 Å². The summed E-state index contributed by atoms with van der Waals surface area (Å²) in [5.74, 6) is 0.290. The Balaban J connectivity index is 1.51. The summed E-state index contributed by atoms with van der Waals surface area (Å²) < 4.78 is 5.64. The highest BCUT2D eigenvalue weighted by atomic mass is 35.5. The van der Waals surface area contributed by atoms with Crippen molar-refractivity contribution in [3.05, 3.63) is 51.5 Å². The topological polar surface area (TPSA) is 32.8 Å². The summed E-state index contributed by atoms with van der Waals surface area (Å²) in [6.07, 6.45) is 1.80. The number of amides is 1. The van der Waals surface area contributed by atoms with Gasteiger partial charge in [-0.25, -0.2) is 4.79 Å². The predicted octanol–water partition coefficient (Wildman–Crippen LogP) is 6.13. The van der Waals surface area contributed by atoms with Crippen LogP contribution in [0.3, 0.4) is 0 Å². The summed E-state index contributed by atoms with van der Waals surface area (Å²) >= 11 is 12.8. The SMILES string of the molecule is CC(C)(C)OC(=O)N1CC[C@@H]2[C@H](C1)c1cc(-c3cccc(Cl)c3Cl)cc3c1N2CC3. The van der Waals surface area contributed by atoms with Crippen LogP contribution in [0.5, 0.6) is 0 Å². The van der Waals surface area contributed by atoms with E-state index in [9.17, 15) is 4.79 Å². The molecule has 30 heavy (non-hydrogen) atoms. The highest BCUT2D eigenvalue weighted by Crippen LogP contribution is 2.51. The number of likely N-dealkylation sites (tertiary alicyclic amines) is 1. The van der Waals surface area contributed by atoms with E-state index in [2.05, 4.69) is 17.0 Å². The zero-order chi connectivity index (χ0) is 21.2. The predicted molar refractivity (Wildman–Crippen MR) is 122 cm³/mol. The van der Waals surface area contributed by atoms with Gasteiger partial charge in [0.25, 0.3) is 0 Å². The van der Waals surface area contributed by atoms with Gasteiger partial charge in [0.15, 0.2) is 0 Å². The number of benzene rings is 2. The molecule has 1 saturated heterocycles. The summed E-state index contributed by atoms with van der Waals surface area (Å²) in [4.78, 5) is 17.1. The molecule has 0 bridgehead atoms. The minimum atomic E-state index is -0.483. The van der Waals surface area contributed by atoms with Gasteiger partial charge in [-0.2, -0.15) is 0 Å². The van der Waals surface area contributed by atoms with E-state index in [4.69, 9.17) is 27.9 Å². The zero-order valence-electron chi connectivity index (χ0n) is 17.5. The lowest BCUT2D eigenvalue weighted by Gasteiger charge is -2.38. The van der Waals surface area contributed by atoms with Crippen molar-refractivity contribution in [3.8, 4) is 11.1 Å². The summed E-state index contributed by atoms with van der Waals surface area (Å²) in [5.41, 5.74) is 5.66. The molecule has 5 rings (SSSR count). The Morgan fingerprint density at radius 2 is 1.97 bits per heavy atom. The molecule has 3 aliphatic rings. The monoisotopic (exact) mass is 444 g/mol. The number of carbonyl (C=O) groups excluding carboxylic acids is 1. The van der Waals surface area contributed by atoms with Gasteiger partial charge in [0.2, 0.25) is 0 Å². The molecule has 0 aliphatic carbocycles. The van der Waals surface area contributed by atoms with Crippen LogP contribution in [-0.4, -0.2) is 42.3 Å². The molecule has 0 aromatic heterocycles. The molecule has 6 heteroatoms. The number of nitrogens with zero attached hydrogens (tertiary/aromatic N) is 2. The Morgan fingerprint density at radius 3 is 2.73 bits per heavy atom. The summed E-state index contributed by atoms with van der Waals surface area (Å²) in [7, 11) is 0. The van der Waals surface area contributed by atoms with Gasteiger partial charge in [-0.05, 0) is 68.5 Å². The second-order valence-electron chi connectivity index (χ2n) is 9.51. The fourth-order valence-electron chi connectivity index (χ4n) is 5.22. The first-order chi connectivity index (χ1) is 14.2. The summed E-state index contributed by atoms with van der Waals surface area (Å²) in [6.45, 7) is 8.21. The fraction of sp³-hybridized carbons (Fsp3) is 0.458. The molecule has 2 atom stereocenters. The molecule has 0 N–H and O–H groups in total. The zero-order valence-corrected chi connectivity index (χ0v) is 19.1. The number of anilines is 1. The molecular weight excluding hydrogens is 419 g/mol. The molecule has 158 valence electrons. The minimum Gasteiger partial charge on any atom is -0.444 e. The Hall–Kier alpha value is -1.91. The molecule has 0 spiro atoms. The lowest BCUT2D eigenvalue weighted by molar-refractivity contribution is 0.0189. The maximum absolute atomic E-state index is 12.7. The van der Waals surface area contributed by atoms with Crippen LogP contribution in [0.2, 0.25) is 10.0 Å². The van der Waals surface area contributed by atoms with Crippen LogP contribution < -0.4 is 4.90 Å². The van der Waals surface area contributed by atoms with Crippen LogP contribution in [0.1, 0.15) is 44.2 Å². The second kappa shape index (κ2) is 7.06. The molecule has 2 aromatic carbocycles. The van der Waals surface area contributed by atoms with E-state index in [0.717, 1.165) is 37.1 Å². The Bertz CT molecular complexity index is 1030. The average molecular weight is 445 g/mol. The number of ether oxygens (including phenoxy) is 1. The quantitative estimate of drug-likeness (QED) is 0.530. The average Bonchev–Trinajstić information content (AvgIpc) is 3.24. The number of fused-ring (bicyclic) bond motifs is 3. The first-order valence-electron chi connectivity index (χ1n) is 10.6. The number of piperidine rings is 1. The lowest BCUT2D eigenvalue weighted by Crippen LogP contribution is -2.49. The Labute approximate surface area is 187 Å². The third-order valence-corrected chi connectivity index (χ3v) is 7.24. The van der Waals surface area contributed by atoms with E-state index in [1.807, 2.05) is 43.9 Å². The van der Waals surface area contributed by atoms with Crippen molar-refractivity contribution in [3.63, 3.8) is 0 Å². The number of carbonyl (C=O) groups is 1. The fourth-order valence-corrected chi connectivity index (χ4v) is 5.63. The van der Waals surface area contributed by atoms with Gasteiger partial charge in [0.1, 0.15) is 5.60 Å². The van der Waals surface area contributed by atoms with Crippen molar-refractivity contribution in [1.29, 1.82) is 0 Å². The summed E-state index contributed by atoms with van der Waals surface area (Å²) in [5, 5.41) is 1.16. The largest absolute Gasteiger partial charge is 0.444 e. The van der Waals surface area contributed by atoms with E-state index in [1.54, 1.807) is 0 Å². The molecule has 2 aromatic rings. The van der Waals surface area contributed by atoms with Gasteiger partial charge in [0.05, 0.1) is 10.0 Å². The van der Waals surface area contributed by atoms with Crippen molar-refractivity contribution in [2.45, 2.75) is 51.2 Å². The van der Waals surface area contributed by atoms with Crippen LogP contribution in [0.15, 0.2) is 30.3 Å². The Kier molecular flexibility index (Phi) is 4.71. The van der Waals surface area contributed by atoms with Gasteiger partial charge in [-0.3, -0.25) is 0 Å². The second-order valence-corrected chi connectivity index (χ2v) is 10.3. The van der Waals surface area contributed by atoms with Gasteiger partial charge < -0.3 is 14.5 Å². The van der Waals surface area contributed by atoms with Gasteiger partial charge >= 0.3 is 6.09 Å². The molecule has 1 fully saturated rings. The maximum atomic E-state index is 12.7. The van der Waals surface area contributed by atoms with Crippen LogP contribution >= 0.6 is 23.2 Å². The first-order valence-corrected chi connectivity index (χ1v) is 11.3. The third kappa shape index (κ3) is 3.25. The van der Waals surface area contributed by atoms with Gasteiger partial charge in [-0.15, -0.1) is 0 Å². The standard InChI is InChI=1S/C24H26Cl2N2O2/c1-24(2,3)30-23(29)27-9-8-20-18(13-27)17-12-15(11-14-7-10-28(20)22(14)17)16-5-4-6-19(25)21(16)26/h4-6,11-12,18,20H,7-10,13H2,1-3H3/t18-,20-/m1/s1. The van der Waals surface area contributed by atoms with Crippen molar-refractivity contribution < 1.29 is 9.53 Å². The van der Waals surface area contributed by atoms with Crippen molar-refractivity contribution in [2.75, 3.05) is 24.5 Å². The van der Waals surface area contributed by atoms with Crippen LogP contribution in [0.25, 0.3) is 11.1 Å². The van der Waals surface area contributed by atoms with E-state index >= 15 is 0 Å². The molecule has 4 nitrogen and oxygen atoms in total. The number of halogens is 2. The molecule has 1 amide bonds. The van der Waals surface area contributed by atoms with Gasteiger partial charge in [-0.1, -0.05) is 35.3 Å². The van der Waals surface area contributed by atoms with E-state index in [0.29, 0.717) is 28.5 Å². The van der Waals surface area contributed by atoms with Crippen LogP contribution in [0.4, 0.5) is 10.5 Å². The number of rotatable bonds is 1. The molecule has 0 radical (unpaired) electrons. The number of hydrogen-bond acceptors (Lipinski definition) is 3. The Morgan fingerprint density at radius 1 is 1.17 bits per heavy atom. The molecule has 0 saturated carbocycles. The summed E-state index contributed by atoms with van der Waals surface area (Å²) in [6, 6.07) is 10.8.